The van der Waals surface area contributed by atoms with E-state index in [9.17, 15) is 9.90 Å². The number of carbonyl (C=O) groups excluding carboxylic acids is 1. The monoisotopic (exact) mass is 311 g/mol. The lowest BCUT2D eigenvalue weighted by atomic mass is 9.93. The number of nitrogens with one attached hydrogen (secondary N) is 2. The molecular weight excluding hydrogens is 278 g/mol. The number of rotatable bonds is 5. The van der Waals surface area contributed by atoms with Crippen LogP contribution in [0.3, 0.4) is 0 Å². The molecule has 128 valence electrons. The van der Waals surface area contributed by atoms with Crippen LogP contribution in [0.1, 0.15) is 59.3 Å². The Kier molecular flexibility index (Phi) is 5.72. The highest BCUT2D eigenvalue weighted by Crippen LogP contribution is 2.28. The molecule has 2 fully saturated rings. The molecule has 1 atom stereocenters. The molecule has 22 heavy (non-hydrogen) atoms. The van der Waals surface area contributed by atoms with Crippen molar-refractivity contribution in [3.05, 3.63) is 0 Å². The average molecular weight is 311 g/mol. The van der Waals surface area contributed by atoms with Crippen LogP contribution in [0.15, 0.2) is 0 Å². The normalized spacial score (nSPS) is 25.9. The molecule has 5 nitrogen and oxygen atoms in total. The number of amides is 2. The van der Waals surface area contributed by atoms with Gasteiger partial charge in [0.05, 0.1) is 5.60 Å². The molecule has 1 heterocycles. The molecule has 0 spiro atoms. The molecule has 0 aromatic rings. The molecule has 2 rings (SSSR count). The van der Waals surface area contributed by atoms with Crippen LogP contribution in [0, 0.1) is 5.92 Å². The van der Waals surface area contributed by atoms with E-state index in [1.807, 2.05) is 0 Å². The van der Waals surface area contributed by atoms with E-state index in [4.69, 9.17) is 0 Å². The summed E-state index contributed by atoms with van der Waals surface area (Å²) in [6.07, 6.45) is 6.25. The molecular formula is C17H33N3O2. The van der Waals surface area contributed by atoms with Gasteiger partial charge in [0.25, 0.3) is 0 Å². The first-order valence-corrected chi connectivity index (χ1v) is 8.80. The molecule has 2 amide bonds. The second-order valence-electron chi connectivity index (χ2n) is 7.97. The van der Waals surface area contributed by atoms with Crippen molar-refractivity contribution in [3.8, 4) is 0 Å². The van der Waals surface area contributed by atoms with Crippen LogP contribution in [-0.4, -0.2) is 53.4 Å². The Morgan fingerprint density at radius 3 is 2.59 bits per heavy atom. The van der Waals surface area contributed by atoms with Gasteiger partial charge in [0.1, 0.15) is 0 Å². The van der Waals surface area contributed by atoms with Gasteiger partial charge in [-0.25, -0.2) is 4.79 Å². The Morgan fingerprint density at radius 2 is 1.95 bits per heavy atom. The third kappa shape index (κ3) is 4.85. The van der Waals surface area contributed by atoms with Crippen LogP contribution in [0.4, 0.5) is 4.79 Å². The summed E-state index contributed by atoms with van der Waals surface area (Å²) in [5, 5.41) is 16.1. The van der Waals surface area contributed by atoms with Crippen molar-refractivity contribution >= 4 is 6.03 Å². The minimum atomic E-state index is -0.685. The van der Waals surface area contributed by atoms with Crippen LogP contribution >= 0.6 is 0 Å². The Labute approximate surface area is 134 Å². The largest absolute Gasteiger partial charge is 0.388 e. The van der Waals surface area contributed by atoms with Gasteiger partial charge in [-0.3, -0.25) is 4.90 Å². The molecule has 0 aromatic heterocycles. The van der Waals surface area contributed by atoms with Crippen molar-refractivity contribution in [1.82, 2.24) is 15.5 Å². The van der Waals surface area contributed by atoms with Crippen LogP contribution in [-0.2, 0) is 0 Å². The van der Waals surface area contributed by atoms with Gasteiger partial charge in [0, 0.05) is 25.2 Å². The fraction of sp³-hybridized carbons (Fsp3) is 0.941. The molecule has 1 saturated heterocycles. The molecule has 5 heteroatoms. The van der Waals surface area contributed by atoms with E-state index in [-0.39, 0.29) is 11.6 Å². The summed E-state index contributed by atoms with van der Waals surface area (Å²) >= 11 is 0. The zero-order valence-corrected chi connectivity index (χ0v) is 14.5. The third-order valence-electron chi connectivity index (χ3n) is 5.31. The Bertz CT molecular complexity index is 378. The summed E-state index contributed by atoms with van der Waals surface area (Å²) in [6, 6.07) is -0.168. The van der Waals surface area contributed by atoms with Gasteiger partial charge in [-0.05, 0) is 52.0 Å². The van der Waals surface area contributed by atoms with Crippen molar-refractivity contribution < 1.29 is 9.90 Å². The van der Waals surface area contributed by atoms with E-state index in [1.165, 1.54) is 12.8 Å². The molecule has 3 N–H and O–H groups in total. The highest BCUT2D eigenvalue weighted by atomic mass is 16.3. The first-order valence-electron chi connectivity index (χ1n) is 8.80. The van der Waals surface area contributed by atoms with Gasteiger partial charge in [-0.15, -0.1) is 0 Å². The summed E-state index contributed by atoms with van der Waals surface area (Å²) in [4.78, 5) is 14.5. The maximum absolute atomic E-state index is 12.0. The summed E-state index contributed by atoms with van der Waals surface area (Å²) in [7, 11) is 0. The van der Waals surface area contributed by atoms with Gasteiger partial charge in [-0.2, -0.15) is 0 Å². The van der Waals surface area contributed by atoms with Crippen LogP contribution in [0.5, 0.6) is 0 Å². The zero-order valence-electron chi connectivity index (χ0n) is 14.5. The van der Waals surface area contributed by atoms with Gasteiger partial charge in [0.15, 0.2) is 0 Å². The lowest BCUT2D eigenvalue weighted by molar-refractivity contribution is 0.0493. The molecule has 0 bridgehead atoms. The van der Waals surface area contributed by atoms with Crippen molar-refractivity contribution in [2.45, 2.75) is 70.4 Å². The van der Waals surface area contributed by atoms with Crippen LogP contribution in [0.25, 0.3) is 0 Å². The van der Waals surface area contributed by atoms with E-state index in [0.29, 0.717) is 13.1 Å². The molecule has 1 aliphatic heterocycles. The number of nitrogens with zero attached hydrogens (tertiary/aromatic N) is 1. The topological polar surface area (TPSA) is 64.6 Å². The average Bonchev–Trinajstić information content (AvgIpc) is 2.90. The number of urea groups is 1. The van der Waals surface area contributed by atoms with Crippen molar-refractivity contribution in [1.29, 1.82) is 0 Å². The highest BCUT2D eigenvalue weighted by molar-refractivity contribution is 5.74. The summed E-state index contributed by atoms with van der Waals surface area (Å²) < 4.78 is 0. The SMILES string of the molecule is CC1CCCN(C(C)(C)CNC(=O)NCC2(O)CCCC2)C1. The first-order chi connectivity index (χ1) is 10.3. The predicted octanol–water partition coefficient (Wildman–Crippen LogP) is 2.10. The maximum Gasteiger partial charge on any atom is 0.314 e. The van der Waals surface area contributed by atoms with E-state index in [1.54, 1.807) is 0 Å². The summed E-state index contributed by atoms with van der Waals surface area (Å²) in [5.41, 5.74) is -0.717. The van der Waals surface area contributed by atoms with Crippen molar-refractivity contribution in [3.63, 3.8) is 0 Å². The van der Waals surface area contributed by atoms with Crippen LogP contribution in [0.2, 0.25) is 0 Å². The maximum atomic E-state index is 12.0. The Balaban J connectivity index is 1.72. The fourth-order valence-electron chi connectivity index (χ4n) is 3.66. The van der Waals surface area contributed by atoms with Gasteiger partial charge in [0.2, 0.25) is 0 Å². The first kappa shape index (κ1) is 17.5. The second kappa shape index (κ2) is 7.18. The molecule has 2 aliphatic rings. The summed E-state index contributed by atoms with van der Waals surface area (Å²) in [5.74, 6) is 0.735. The lowest BCUT2D eigenvalue weighted by Gasteiger charge is -2.43. The molecule has 0 radical (unpaired) electrons. The highest BCUT2D eigenvalue weighted by Gasteiger charge is 2.32. The van der Waals surface area contributed by atoms with Crippen LogP contribution < -0.4 is 10.6 Å². The smallest absolute Gasteiger partial charge is 0.314 e. The van der Waals surface area contributed by atoms with Crippen molar-refractivity contribution in [2.75, 3.05) is 26.2 Å². The number of aliphatic hydroxyl groups is 1. The number of likely N-dealkylation sites (tertiary alicyclic amines) is 1. The summed E-state index contributed by atoms with van der Waals surface area (Å²) in [6.45, 7) is 9.89. The second-order valence-corrected chi connectivity index (χ2v) is 7.97. The number of carbonyl (C=O) groups is 1. The van der Waals surface area contributed by atoms with E-state index >= 15 is 0 Å². The minimum Gasteiger partial charge on any atom is -0.388 e. The van der Waals surface area contributed by atoms with Gasteiger partial charge < -0.3 is 15.7 Å². The van der Waals surface area contributed by atoms with Gasteiger partial charge in [-0.1, -0.05) is 19.8 Å². The van der Waals surface area contributed by atoms with Crippen molar-refractivity contribution in [2.24, 2.45) is 5.92 Å². The van der Waals surface area contributed by atoms with E-state index in [0.717, 1.165) is 44.7 Å². The predicted molar refractivity (Wildman–Crippen MR) is 88.9 cm³/mol. The Morgan fingerprint density at radius 1 is 1.27 bits per heavy atom. The molecule has 0 aromatic carbocycles. The standard InChI is InChI=1S/C17H33N3O2/c1-14-7-6-10-20(11-14)16(2,3)12-18-15(21)19-13-17(22)8-4-5-9-17/h14,22H,4-13H2,1-3H3,(H2,18,19,21). The number of hydrogen-bond acceptors (Lipinski definition) is 3. The molecule has 1 saturated carbocycles. The molecule has 1 aliphatic carbocycles. The number of hydrogen-bond donors (Lipinski definition) is 3. The fourth-order valence-corrected chi connectivity index (χ4v) is 3.66. The zero-order chi connectivity index (χ0) is 16.2. The number of piperidine rings is 1. The minimum absolute atomic E-state index is 0.0315. The van der Waals surface area contributed by atoms with Gasteiger partial charge >= 0.3 is 6.03 Å². The van der Waals surface area contributed by atoms with E-state index < -0.39 is 5.60 Å². The Hall–Kier alpha value is -0.810. The quantitative estimate of drug-likeness (QED) is 0.728. The van der Waals surface area contributed by atoms with E-state index in [2.05, 4.69) is 36.3 Å². The third-order valence-corrected chi connectivity index (χ3v) is 5.31. The molecule has 1 unspecified atom stereocenters. The lowest BCUT2D eigenvalue weighted by Crippen LogP contribution is -2.56.